The standard InChI is InChI=1S/C15H18N2O3/c1-3-20-13-7-12(9-16-10-13)14(18)6-11-4-5-15(19-2)17-8-11/h4-5,7-10,14,18H,3,6H2,1-2H3. The monoisotopic (exact) mass is 274 g/mol. The van der Waals surface area contributed by atoms with Crippen molar-refractivity contribution < 1.29 is 14.6 Å². The second-order valence-corrected chi connectivity index (χ2v) is 4.32. The Morgan fingerprint density at radius 2 is 2.10 bits per heavy atom. The lowest BCUT2D eigenvalue weighted by atomic mass is 10.0. The van der Waals surface area contributed by atoms with E-state index in [1.54, 1.807) is 37.8 Å². The van der Waals surface area contributed by atoms with E-state index in [-0.39, 0.29) is 0 Å². The van der Waals surface area contributed by atoms with Gasteiger partial charge in [-0.2, -0.15) is 0 Å². The van der Waals surface area contributed by atoms with Crippen LogP contribution >= 0.6 is 0 Å². The van der Waals surface area contributed by atoms with Crippen LogP contribution in [0.2, 0.25) is 0 Å². The van der Waals surface area contributed by atoms with Crippen molar-refractivity contribution >= 4 is 0 Å². The van der Waals surface area contributed by atoms with E-state index in [0.29, 0.717) is 24.7 Å². The molecular formula is C15H18N2O3. The number of aliphatic hydroxyl groups is 1. The number of nitrogens with zero attached hydrogens (tertiary/aromatic N) is 2. The van der Waals surface area contributed by atoms with E-state index >= 15 is 0 Å². The summed E-state index contributed by atoms with van der Waals surface area (Å²) in [6.07, 6.45) is 4.80. The number of hydrogen-bond acceptors (Lipinski definition) is 5. The highest BCUT2D eigenvalue weighted by molar-refractivity contribution is 5.27. The Kier molecular flexibility index (Phi) is 4.90. The maximum absolute atomic E-state index is 10.2. The average molecular weight is 274 g/mol. The van der Waals surface area contributed by atoms with Gasteiger partial charge in [0.15, 0.2) is 0 Å². The summed E-state index contributed by atoms with van der Waals surface area (Å²) in [7, 11) is 1.57. The molecule has 1 atom stereocenters. The third-order valence-electron chi connectivity index (χ3n) is 2.87. The van der Waals surface area contributed by atoms with Crippen LogP contribution in [0.5, 0.6) is 11.6 Å². The summed E-state index contributed by atoms with van der Waals surface area (Å²) in [4.78, 5) is 8.19. The maximum Gasteiger partial charge on any atom is 0.212 e. The lowest BCUT2D eigenvalue weighted by Gasteiger charge is -2.12. The topological polar surface area (TPSA) is 64.5 Å². The second kappa shape index (κ2) is 6.86. The van der Waals surface area contributed by atoms with Crippen molar-refractivity contribution in [3.8, 4) is 11.6 Å². The first kappa shape index (κ1) is 14.3. The van der Waals surface area contributed by atoms with Crippen molar-refractivity contribution in [2.24, 2.45) is 0 Å². The fourth-order valence-corrected chi connectivity index (χ4v) is 1.86. The molecule has 0 aliphatic heterocycles. The number of ether oxygens (including phenoxy) is 2. The molecule has 0 bridgehead atoms. The van der Waals surface area contributed by atoms with Crippen LogP contribution in [0, 0.1) is 0 Å². The van der Waals surface area contributed by atoms with E-state index < -0.39 is 6.10 Å². The SMILES string of the molecule is CCOc1cncc(C(O)Cc2ccc(OC)nc2)c1. The Labute approximate surface area is 118 Å². The van der Waals surface area contributed by atoms with E-state index in [4.69, 9.17) is 9.47 Å². The summed E-state index contributed by atoms with van der Waals surface area (Å²) in [6.45, 7) is 2.48. The van der Waals surface area contributed by atoms with Gasteiger partial charge in [-0.05, 0) is 18.6 Å². The van der Waals surface area contributed by atoms with Gasteiger partial charge in [-0.15, -0.1) is 0 Å². The highest BCUT2D eigenvalue weighted by Gasteiger charge is 2.10. The van der Waals surface area contributed by atoms with Crippen LogP contribution < -0.4 is 9.47 Å². The van der Waals surface area contributed by atoms with E-state index in [1.807, 2.05) is 13.0 Å². The van der Waals surface area contributed by atoms with Crippen molar-refractivity contribution in [2.75, 3.05) is 13.7 Å². The molecule has 0 radical (unpaired) electrons. The van der Waals surface area contributed by atoms with Crippen molar-refractivity contribution in [1.82, 2.24) is 9.97 Å². The van der Waals surface area contributed by atoms with Crippen LogP contribution in [-0.4, -0.2) is 28.8 Å². The van der Waals surface area contributed by atoms with Gasteiger partial charge in [0, 0.05) is 30.4 Å². The van der Waals surface area contributed by atoms with Crippen LogP contribution in [0.1, 0.15) is 24.2 Å². The molecule has 2 heterocycles. The zero-order chi connectivity index (χ0) is 14.4. The largest absolute Gasteiger partial charge is 0.492 e. The zero-order valence-electron chi connectivity index (χ0n) is 11.6. The molecule has 0 aromatic carbocycles. The number of aliphatic hydroxyl groups excluding tert-OH is 1. The highest BCUT2D eigenvalue weighted by Crippen LogP contribution is 2.21. The summed E-state index contributed by atoms with van der Waals surface area (Å²) in [5.41, 5.74) is 1.66. The van der Waals surface area contributed by atoms with Gasteiger partial charge >= 0.3 is 0 Å². The summed E-state index contributed by atoms with van der Waals surface area (Å²) in [6, 6.07) is 5.46. The van der Waals surface area contributed by atoms with E-state index in [2.05, 4.69) is 9.97 Å². The Hall–Kier alpha value is -2.14. The molecule has 1 N–H and O–H groups in total. The number of methoxy groups -OCH3 is 1. The Morgan fingerprint density at radius 3 is 2.75 bits per heavy atom. The molecule has 0 saturated heterocycles. The molecule has 2 rings (SSSR count). The van der Waals surface area contributed by atoms with Crippen molar-refractivity contribution in [3.63, 3.8) is 0 Å². The van der Waals surface area contributed by atoms with E-state index in [9.17, 15) is 5.11 Å². The third-order valence-corrected chi connectivity index (χ3v) is 2.87. The smallest absolute Gasteiger partial charge is 0.212 e. The normalized spacial score (nSPS) is 11.9. The Balaban J connectivity index is 2.06. The first-order valence-electron chi connectivity index (χ1n) is 6.47. The molecule has 5 heteroatoms. The molecule has 106 valence electrons. The van der Waals surface area contributed by atoms with Gasteiger partial charge in [-0.3, -0.25) is 4.98 Å². The number of rotatable bonds is 6. The minimum atomic E-state index is -0.641. The van der Waals surface area contributed by atoms with Crippen LogP contribution in [0.3, 0.4) is 0 Å². The van der Waals surface area contributed by atoms with E-state index in [1.165, 1.54) is 0 Å². The summed E-state index contributed by atoms with van der Waals surface area (Å²) in [5.74, 6) is 1.22. The molecule has 0 fully saturated rings. The molecule has 20 heavy (non-hydrogen) atoms. The first-order chi connectivity index (χ1) is 9.72. The Morgan fingerprint density at radius 1 is 1.25 bits per heavy atom. The predicted molar refractivity (Wildman–Crippen MR) is 74.9 cm³/mol. The van der Waals surface area contributed by atoms with Gasteiger partial charge in [-0.1, -0.05) is 6.07 Å². The molecule has 0 amide bonds. The lowest BCUT2D eigenvalue weighted by Crippen LogP contribution is -2.04. The van der Waals surface area contributed by atoms with Crippen LogP contribution in [0.15, 0.2) is 36.8 Å². The summed E-state index contributed by atoms with van der Waals surface area (Å²) in [5, 5.41) is 10.2. The van der Waals surface area contributed by atoms with Crippen LogP contribution in [0.4, 0.5) is 0 Å². The predicted octanol–water partition coefficient (Wildman–Crippen LogP) is 2.16. The minimum Gasteiger partial charge on any atom is -0.492 e. The third kappa shape index (κ3) is 3.68. The second-order valence-electron chi connectivity index (χ2n) is 4.32. The fraction of sp³-hybridized carbons (Fsp3) is 0.333. The first-order valence-corrected chi connectivity index (χ1v) is 6.47. The Bertz CT molecular complexity index is 543. The average Bonchev–Trinajstić information content (AvgIpc) is 2.48. The van der Waals surface area contributed by atoms with Crippen molar-refractivity contribution in [1.29, 1.82) is 0 Å². The van der Waals surface area contributed by atoms with Gasteiger partial charge in [-0.25, -0.2) is 4.98 Å². The highest BCUT2D eigenvalue weighted by atomic mass is 16.5. The molecule has 0 aliphatic carbocycles. The molecule has 1 unspecified atom stereocenters. The van der Waals surface area contributed by atoms with Gasteiger partial charge in [0.05, 0.1) is 26.0 Å². The van der Waals surface area contributed by atoms with Gasteiger partial charge in [0.2, 0.25) is 5.88 Å². The van der Waals surface area contributed by atoms with Gasteiger partial charge < -0.3 is 14.6 Å². The molecule has 0 spiro atoms. The zero-order valence-corrected chi connectivity index (χ0v) is 11.6. The summed E-state index contributed by atoms with van der Waals surface area (Å²) >= 11 is 0. The van der Waals surface area contributed by atoms with Gasteiger partial charge in [0.25, 0.3) is 0 Å². The fourth-order valence-electron chi connectivity index (χ4n) is 1.86. The number of hydrogen-bond donors (Lipinski definition) is 1. The van der Waals surface area contributed by atoms with Crippen molar-refractivity contribution in [2.45, 2.75) is 19.4 Å². The molecule has 2 aromatic rings. The molecule has 2 aromatic heterocycles. The van der Waals surface area contributed by atoms with Crippen LogP contribution in [0.25, 0.3) is 0 Å². The minimum absolute atomic E-state index is 0.467. The molecular weight excluding hydrogens is 256 g/mol. The molecule has 0 saturated carbocycles. The number of aromatic nitrogens is 2. The van der Waals surface area contributed by atoms with E-state index in [0.717, 1.165) is 11.1 Å². The molecule has 0 aliphatic rings. The molecule has 5 nitrogen and oxygen atoms in total. The van der Waals surface area contributed by atoms with Gasteiger partial charge in [0.1, 0.15) is 5.75 Å². The quantitative estimate of drug-likeness (QED) is 0.874. The number of pyridine rings is 2. The van der Waals surface area contributed by atoms with Crippen molar-refractivity contribution in [3.05, 3.63) is 47.9 Å². The summed E-state index contributed by atoms with van der Waals surface area (Å²) < 4.78 is 10.4. The lowest BCUT2D eigenvalue weighted by molar-refractivity contribution is 0.177. The maximum atomic E-state index is 10.2. The van der Waals surface area contributed by atoms with Crippen LogP contribution in [-0.2, 0) is 6.42 Å².